The minimum Gasteiger partial charge on any atom is -0.444 e. The van der Waals surface area contributed by atoms with Crippen LogP contribution >= 0.6 is 0 Å². The molecule has 0 bridgehead atoms. The van der Waals surface area contributed by atoms with E-state index < -0.39 is 15.6 Å². The Bertz CT molecular complexity index is 1010. The lowest BCUT2D eigenvalue weighted by Gasteiger charge is -2.37. The fourth-order valence-corrected chi connectivity index (χ4v) is 4.29. The SMILES string of the molecule is Cc1cncc(S(=O)(=O)Nc2ccccc2N2CCN(C(=O)OC(C)(C)C)CC2)c1. The molecule has 1 saturated heterocycles. The molecule has 1 N–H and O–H groups in total. The van der Waals surface area contributed by atoms with Gasteiger partial charge in [0.05, 0.1) is 11.4 Å². The van der Waals surface area contributed by atoms with Crippen molar-refractivity contribution in [3.05, 3.63) is 48.3 Å². The third-order valence-electron chi connectivity index (χ3n) is 4.58. The summed E-state index contributed by atoms with van der Waals surface area (Å²) in [6.07, 6.45) is 2.61. The van der Waals surface area contributed by atoms with Crippen molar-refractivity contribution in [3.8, 4) is 0 Å². The number of rotatable bonds is 4. The van der Waals surface area contributed by atoms with Gasteiger partial charge in [-0.3, -0.25) is 9.71 Å². The molecule has 0 spiro atoms. The Hall–Kier alpha value is -2.81. The smallest absolute Gasteiger partial charge is 0.410 e. The molecule has 0 atom stereocenters. The average Bonchev–Trinajstić information content (AvgIpc) is 2.67. The van der Waals surface area contributed by atoms with Gasteiger partial charge in [-0.2, -0.15) is 0 Å². The molecule has 2 heterocycles. The molecule has 30 heavy (non-hydrogen) atoms. The Morgan fingerprint density at radius 2 is 1.77 bits per heavy atom. The van der Waals surface area contributed by atoms with E-state index >= 15 is 0 Å². The first kappa shape index (κ1) is 21.9. The molecule has 0 saturated carbocycles. The second-order valence-corrected chi connectivity index (χ2v) is 9.96. The number of nitrogens with zero attached hydrogens (tertiary/aromatic N) is 3. The molecule has 0 unspecified atom stereocenters. The Morgan fingerprint density at radius 3 is 2.40 bits per heavy atom. The summed E-state index contributed by atoms with van der Waals surface area (Å²) >= 11 is 0. The number of aromatic nitrogens is 1. The topological polar surface area (TPSA) is 91.8 Å². The number of amides is 1. The van der Waals surface area contributed by atoms with Crippen LogP contribution in [0.1, 0.15) is 26.3 Å². The summed E-state index contributed by atoms with van der Waals surface area (Å²) in [6.45, 7) is 9.46. The van der Waals surface area contributed by atoms with Gasteiger partial charge < -0.3 is 14.5 Å². The van der Waals surface area contributed by atoms with Gasteiger partial charge in [-0.05, 0) is 51.5 Å². The van der Waals surface area contributed by atoms with Crippen LogP contribution in [0.3, 0.4) is 0 Å². The molecule has 1 fully saturated rings. The van der Waals surface area contributed by atoms with Gasteiger partial charge in [0.2, 0.25) is 0 Å². The van der Waals surface area contributed by atoms with Crippen LogP contribution < -0.4 is 9.62 Å². The Kier molecular flexibility index (Phi) is 6.21. The first-order chi connectivity index (χ1) is 14.0. The van der Waals surface area contributed by atoms with Gasteiger partial charge in [0.1, 0.15) is 10.5 Å². The van der Waals surface area contributed by atoms with Gasteiger partial charge in [0, 0.05) is 38.6 Å². The third-order valence-corrected chi connectivity index (χ3v) is 5.91. The highest BCUT2D eigenvalue weighted by molar-refractivity contribution is 7.92. The van der Waals surface area contributed by atoms with E-state index in [2.05, 4.69) is 14.6 Å². The van der Waals surface area contributed by atoms with Gasteiger partial charge >= 0.3 is 6.09 Å². The van der Waals surface area contributed by atoms with Crippen molar-refractivity contribution in [2.24, 2.45) is 0 Å². The molecule has 0 aliphatic carbocycles. The number of piperazine rings is 1. The van der Waals surface area contributed by atoms with E-state index in [1.165, 1.54) is 6.20 Å². The number of sulfonamides is 1. The van der Waals surface area contributed by atoms with Gasteiger partial charge in [0.15, 0.2) is 0 Å². The third kappa shape index (κ3) is 5.41. The number of aryl methyl sites for hydroxylation is 1. The normalized spacial score (nSPS) is 15.1. The molecule has 162 valence electrons. The highest BCUT2D eigenvalue weighted by Gasteiger charge is 2.27. The molecule has 9 heteroatoms. The molecule has 1 aromatic heterocycles. The Morgan fingerprint density at radius 1 is 1.10 bits per heavy atom. The van der Waals surface area contributed by atoms with Crippen LogP contribution in [-0.2, 0) is 14.8 Å². The van der Waals surface area contributed by atoms with Crippen molar-refractivity contribution in [1.29, 1.82) is 0 Å². The van der Waals surface area contributed by atoms with E-state index in [1.807, 2.05) is 32.9 Å². The summed E-state index contributed by atoms with van der Waals surface area (Å²) in [4.78, 5) is 20.1. The van der Waals surface area contributed by atoms with Crippen LogP contribution in [0.2, 0.25) is 0 Å². The Labute approximate surface area is 177 Å². The molecule has 0 radical (unpaired) electrons. The van der Waals surface area contributed by atoms with E-state index in [0.29, 0.717) is 31.9 Å². The van der Waals surface area contributed by atoms with Gasteiger partial charge in [0.25, 0.3) is 10.0 Å². The van der Waals surface area contributed by atoms with Crippen molar-refractivity contribution in [2.75, 3.05) is 35.8 Å². The van der Waals surface area contributed by atoms with E-state index in [4.69, 9.17) is 4.74 Å². The van der Waals surface area contributed by atoms with E-state index in [0.717, 1.165) is 11.3 Å². The molecular formula is C21H28N4O4S. The number of hydrogen-bond acceptors (Lipinski definition) is 6. The number of hydrogen-bond donors (Lipinski definition) is 1. The molecule has 1 aliphatic heterocycles. The number of pyridine rings is 1. The van der Waals surface area contributed by atoms with Crippen LogP contribution in [-0.4, -0.2) is 56.2 Å². The maximum atomic E-state index is 12.8. The maximum Gasteiger partial charge on any atom is 0.410 e. The molecule has 2 aromatic rings. The maximum absolute atomic E-state index is 12.8. The monoisotopic (exact) mass is 432 g/mol. The van der Waals surface area contributed by atoms with Gasteiger partial charge in [-0.1, -0.05) is 12.1 Å². The van der Waals surface area contributed by atoms with Crippen molar-refractivity contribution >= 4 is 27.5 Å². The number of carbonyl (C=O) groups excluding carboxylic acids is 1. The van der Waals surface area contributed by atoms with Crippen LogP contribution in [0.5, 0.6) is 0 Å². The number of carbonyl (C=O) groups is 1. The number of nitrogens with one attached hydrogen (secondary N) is 1. The molecular weight excluding hydrogens is 404 g/mol. The van der Waals surface area contributed by atoms with Crippen LogP contribution in [0.25, 0.3) is 0 Å². The highest BCUT2D eigenvalue weighted by Crippen LogP contribution is 2.29. The quantitative estimate of drug-likeness (QED) is 0.797. The van der Waals surface area contributed by atoms with Crippen molar-refractivity contribution in [2.45, 2.75) is 38.2 Å². The van der Waals surface area contributed by atoms with Crippen LogP contribution in [0.4, 0.5) is 16.2 Å². The second-order valence-electron chi connectivity index (χ2n) is 8.28. The standard InChI is InChI=1S/C21H28N4O4S/c1-16-13-17(15-22-14-16)30(27,28)23-18-7-5-6-8-19(18)24-9-11-25(12-10-24)20(26)29-21(2,3)4/h5-8,13-15,23H,9-12H2,1-4H3. The predicted molar refractivity (Wildman–Crippen MR) is 116 cm³/mol. The zero-order valence-corrected chi connectivity index (χ0v) is 18.6. The molecule has 8 nitrogen and oxygen atoms in total. The number of ether oxygens (including phenoxy) is 1. The highest BCUT2D eigenvalue weighted by atomic mass is 32.2. The largest absolute Gasteiger partial charge is 0.444 e. The van der Waals surface area contributed by atoms with Crippen LogP contribution in [0.15, 0.2) is 47.6 Å². The van der Waals surface area contributed by atoms with Gasteiger partial charge in [-0.25, -0.2) is 13.2 Å². The fourth-order valence-electron chi connectivity index (χ4n) is 3.17. The van der Waals surface area contributed by atoms with Crippen molar-refractivity contribution in [3.63, 3.8) is 0 Å². The number of para-hydroxylation sites is 2. The average molecular weight is 433 g/mol. The molecule has 1 aliphatic rings. The zero-order valence-electron chi connectivity index (χ0n) is 17.8. The van der Waals surface area contributed by atoms with Gasteiger partial charge in [-0.15, -0.1) is 0 Å². The zero-order chi connectivity index (χ0) is 21.9. The number of anilines is 2. The van der Waals surface area contributed by atoms with E-state index in [9.17, 15) is 13.2 Å². The van der Waals surface area contributed by atoms with E-state index in [1.54, 1.807) is 36.2 Å². The minimum atomic E-state index is -3.77. The summed E-state index contributed by atoms with van der Waals surface area (Å²) in [5.74, 6) is 0. The summed E-state index contributed by atoms with van der Waals surface area (Å²) in [6, 6.07) is 8.83. The second kappa shape index (κ2) is 8.51. The predicted octanol–water partition coefficient (Wildman–Crippen LogP) is 3.25. The lowest BCUT2D eigenvalue weighted by molar-refractivity contribution is 0.0240. The van der Waals surface area contributed by atoms with Crippen LogP contribution in [0, 0.1) is 6.92 Å². The van der Waals surface area contributed by atoms with E-state index in [-0.39, 0.29) is 11.0 Å². The first-order valence-electron chi connectivity index (χ1n) is 9.81. The molecule has 3 rings (SSSR count). The van der Waals surface area contributed by atoms with Crippen molar-refractivity contribution in [1.82, 2.24) is 9.88 Å². The first-order valence-corrected chi connectivity index (χ1v) is 11.3. The number of benzene rings is 1. The lowest BCUT2D eigenvalue weighted by Crippen LogP contribution is -2.50. The summed E-state index contributed by atoms with van der Waals surface area (Å²) < 4.78 is 33.8. The summed E-state index contributed by atoms with van der Waals surface area (Å²) in [5, 5.41) is 0. The summed E-state index contributed by atoms with van der Waals surface area (Å²) in [7, 11) is -3.77. The van der Waals surface area contributed by atoms with Crippen molar-refractivity contribution < 1.29 is 17.9 Å². The summed E-state index contributed by atoms with van der Waals surface area (Å²) in [5.41, 5.74) is 1.49. The fraction of sp³-hybridized carbons (Fsp3) is 0.429. The minimum absolute atomic E-state index is 0.118. The molecule has 1 amide bonds. The molecule has 1 aromatic carbocycles. The lowest BCUT2D eigenvalue weighted by atomic mass is 10.2. The Balaban J connectivity index is 1.73.